The Labute approximate surface area is 115 Å². The molecule has 0 bridgehead atoms. The Morgan fingerprint density at radius 2 is 2.17 bits per heavy atom. The molecule has 18 heavy (non-hydrogen) atoms. The molecule has 3 nitrogen and oxygen atoms in total. The van der Waals surface area contributed by atoms with Gasteiger partial charge < -0.3 is 10.1 Å². The number of ether oxygens (including phenoxy) is 1. The lowest BCUT2D eigenvalue weighted by Gasteiger charge is -2.18. The molecule has 1 N–H and O–H groups in total. The van der Waals surface area contributed by atoms with Gasteiger partial charge in [0, 0.05) is 11.8 Å². The highest BCUT2D eigenvalue weighted by molar-refractivity contribution is 7.99. The smallest absolute Gasteiger partial charge is 0.306 e. The van der Waals surface area contributed by atoms with E-state index in [-0.39, 0.29) is 11.4 Å². The van der Waals surface area contributed by atoms with Crippen molar-refractivity contribution in [3.05, 3.63) is 0 Å². The average Bonchev–Trinajstić information content (AvgIpc) is 3.13. The van der Waals surface area contributed by atoms with E-state index in [1.165, 1.54) is 32.8 Å². The first-order valence-electron chi connectivity index (χ1n) is 7.03. The summed E-state index contributed by atoms with van der Waals surface area (Å²) in [7, 11) is 1.48. The Morgan fingerprint density at radius 1 is 1.44 bits per heavy atom. The fourth-order valence-electron chi connectivity index (χ4n) is 2.01. The van der Waals surface area contributed by atoms with Crippen molar-refractivity contribution in [2.24, 2.45) is 5.41 Å². The molecule has 0 heterocycles. The van der Waals surface area contributed by atoms with Crippen LogP contribution in [0.4, 0.5) is 0 Å². The van der Waals surface area contributed by atoms with Crippen molar-refractivity contribution in [2.45, 2.75) is 52.0 Å². The minimum atomic E-state index is -0.0516. The highest BCUT2D eigenvalue weighted by Crippen LogP contribution is 2.51. The van der Waals surface area contributed by atoms with E-state index in [9.17, 15) is 4.79 Å². The summed E-state index contributed by atoms with van der Waals surface area (Å²) in [6.07, 6.45) is 5.35. The molecule has 0 aromatic carbocycles. The normalized spacial score (nSPS) is 18.4. The molecule has 1 fully saturated rings. The van der Waals surface area contributed by atoms with Crippen LogP contribution < -0.4 is 5.32 Å². The summed E-state index contributed by atoms with van der Waals surface area (Å²) in [5.41, 5.74) is 0.265. The predicted molar refractivity (Wildman–Crippen MR) is 78.0 cm³/mol. The highest BCUT2D eigenvalue weighted by atomic mass is 32.2. The van der Waals surface area contributed by atoms with Crippen LogP contribution in [0.5, 0.6) is 0 Å². The molecular formula is C14H27NO2S. The maximum atomic E-state index is 11.3. The number of hydrogen-bond donors (Lipinski definition) is 1. The van der Waals surface area contributed by atoms with Crippen LogP contribution in [0.25, 0.3) is 0 Å². The van der Waals surface area contributed by atoms with Crippen molar-refractivity contribution >= 4 is 17.7 Å². The van der Waals surface area contributed by atoms with Gasteiger partial charge in [0.2, 0.25) is 0 Å². The van der Waals surface area contributed by atoms with Crippen LogP contribution in [-0.4, -0.2) is 37.2 Å². The molecule has 1 rings (SSSR count). The van der Waals surface area contributed by atoms with Gasteiger partial charge in [0.05, 0.1) is 13.5 Å². The van der Waals surface area contributed by atoms with Crippen molar-refractivity contribution in [1.82, 2.24) is 5.32 Å². The zero-order chi connectivity index (χ0) is 13.4. The molecule has 0 amide bonds. The van der Waals surface area contributed by atoms with E-state index in [4.69, 9.17) is 4.74 Å². The lowest BCUT2D eigenvalue weighted by atomic mass is 10.1. The molecule has 1 aliphatic rings. The van der Waals surface area contributed by atoms with E-state index in [1.807, 2.05) is 11.8 Å². The second kappa shape index (κ2) is 8.05. The molecule has 1 saturated carbocycles. The maximum Gasteiger partial charge on any atom is 0.306 e. The first kappa shape index (κ1) is 15.8. The fourth-order valence-corrected chi connectivity index (χ4v) is 3.59. The standard InChI is InChI=1S/C14H27NO2S/c1-4-8-15-12(5-2)10-18-11-14(6-7-14)9-13(16)17-3/h12,15H,4-11H2,1-3H3. The number of rotatable bonds is 10. The monoisotopic (exact) mass is 273 g/mol. The van der Waals surface area contributed by atoms with Gasteiger partial charge in [-0.25, -0.2) is 0 Å². The Hall–Kier alpha value is -0.220. The van der Waals surface area contributed by atoms with Gasteiger partial charge in [0.15, 0.2) is 0 Å². The molecule has 0 aliphatic heterocycles. The summed E-state index contributed by atoms with van der Waals surface area (Å²) in [5.74, 6) is 2.20. The molecule has 106 valence electrons. The number of esters is 1. The van der Waals surface area contributed by atoms with Crippen molar-refractivity contribution < 1.29 is 9.53 Å². The highest BCUT2D eigenvalue weighted by Gasteiger charge is 2.44. The Bertz CT molecular complexity index is 254. The van der Waals surface area contributed by atoms with Crippen LogP contribution in [0.2, 0.25) is 0 Å². The number of thioether (sulfide) groups is 1. The van der Waals surface area contributed by atoms with E-state index in [2.05, 4.69) is 19.2 Å². The van der Waals surface area contributed by atoms with Crippen molar-refractivity contribution in [3.8, 4) is 0 Å². The quantitative estimate of drug-likeness (QED) is 0.621. The molecule has 1 atom stereocenters. The van der Waals surface area contributed by atoms with Crippen LogP contribution in [0, 0.1) is 5.41 Å². The number of carbonyl (C=O) groups excluding carboxylic acids is 1. The van der Waals surface area contributed by atoms with Crippen molar-refractivity contribution in [1.29, 1.82) is 0 Å². The van der Waals surface area contributed by atoms with Crippen LogP contribution in [-0.2, 0) is 9.53 Å². The molecule has 1 unspecified atom stereocenters. The summed E-state index contributed by atoms with van der Waals surface area (Å²) >= 11 is 1.99. The Morgan fingerprint density at radius 3 is 2.67 bits per heavy atom. The maximum absolute atomic E-state index is 11.3. The third-order valence-electron chi connectivity index (χ3n) is 3.61. The summed E-state index contributed by atoms with van der Waals surface area (Å²) in [6.45, 7) is 5.53. The van der Waals surface area contributed by atoms with Crippen LogP contribution in [0.15, 0.2) is 0 Å². The lowest BCUT2D eigenvalue weighted by molar-refractivity contribution is -0.141. The molecule has 0 saturated heterocycles. The number of carbonyl (C=O) groups is 1. The zero-order valence-electron chi connectivity index (χ0n) is 12.0. The third-order valence-corrected chi connectivity index (χ3v) is 5.06. The van der Waals surface area contributed by atoms with Gasteiger partial charge in [0.1, 0.15) is 0 Å². The summed E-state index contributed by atoms with van der Waals surface area (Å²) in [6, 6.07) is 0.615. The van der Waals surface area contributed by atoms with Gasteiger partial charge in [-0.15, -0.1) is 0 Å². The predicted octanol–water partition coefficient (Wildman–Crippen LogP) is 2.84. The number of hydrogen-bond acceptors (Lipinski definition) is 4. The second-order valence-electron chi connectivity index (χ2n) is 5.33. The second-order valence-corrected chi connectivity index (χ2v) is 6.36. The summed E-state index contributed by atoms with van der Waals surface area (Å²) < 4.78 is 4.77. The molecule has 0 spiro atoms. The van der Waals surface area contributed by atoms with Gasteiger partial charge >= 0.3 is 5.97 Å². The van der Waals surface area contributed by atoms with Crippen LogP contribution >= 0.6 is 11.8 Å². The SMILES string of the molecule is CCCNC(CC)CSCC1(CC(=O)OC)CC1. The molecular weight excluding hydrogens is 246 g/mol. The van der Waals surface area contributed by atoms with Gasteiger partial charge in [0.25, 0.3) is 0 Å². The van der Waals surface area contributed by atoms with Gasteiger partial charge in [-0.05, 0) is 43.4 Å². The fraction of sp³-hybridized carbons (Fsp3) is 0.929. The Kier molecular flexibility index (Phi) is 7.08. The molecule has 4 heteroatoms. The van der Waals surface area contributed by atoms with Gasteiger partial charge in [-0.2, -0.15) is 11.8 Å². The average molecular weight is 273 g/mol. The van der Waals surface area contributed by atoms with Gasteiger partial charge in [-0.1, -0.05) is 13.8 Å². The van der Waals surface area contributed by atoms with E-state index in [1.54, 1.807) is 0 Å². The van der Waals surface area contributed by atoms with E-state index >= 15 is 0 Å². The molecule has 0 radical (unpaired) electrons. The minimum absolute atomic E-state index is 0.0516. The number of methoxy groups -OCH3 is 1. The summed E-state index contributed by atoms with van der Waals surface area (Å²) in [4.78, 5) is 11.3. The van der Waals surface area contributed by atoms with Crippen molar-refractivity contribution in [3.63, 3.8) is 0 Å². The van der Waals surface area contributed by atoms with Crippen molar-refractivity contribution in [2.75, 3.05) is 25.2 Å². The Balaban J connectivity index is 2.18. The summed E-state index contributed by atoms with van der Waals surface area (Å²) in [5, 5.41) is 3.57. The van der Waals surface area contributed by atoms with Crippen LogP contribution in [0.3, 0.4) is 0 Å². The first-order valence-corrected chi connectivity index (χ1v) is 8.19. The number of nitrogens with one attached hydrogen (secondary N) is 1. The van der Waals surface area contributed by atoms with Crippen LogP contribution in [0.1, 0.15) is 46.0 Å². The lowest BCUT2D eigenvalue weighted by Crippen LogP contribution is -2.31. The van der Waals surface area contributed by atoms with E-state index in [0.717, 1.165) is 18.1 Å². The first-order chi connectivity index (χ1) is 8.65. The molecule has 0 aromatic heterocycles. The molecule has 0 aromatic rings. The van der Waals surface area contributed by atoms with Gasteiger partial charge in [-0.3, -0.25) is 4.79 Å². The zero-order valence-corrected chi connectivity index (χ0v) is 12.8. The largest absolute Gasteiger partial charge is 0.469 e. The topological polar surface area (TPSA) is 38.3 Å². The minimum Gasteiger partial charge on any atom is -0.469 e. The molecule has 1 aliphatic carbocycles. The van der Waals surface area contributed by atoms with E-state index in [0.29, 0.717) is 12.5 Å². The van der Waals surface area contributed by atoms with E-state index < -0.39 is 0 Å². The third kappa shape index (κ3) is 5.61.